The molecule has 0 spiro atoms. The molecule has 1 saturated carbocycles. The van der Waals surface area contributed by atoms with Crippen molar-refractivity contribution in [2.24, 2.45) is 0 Å². The van der Waals surface area contributed by atoms with Gasteiger partial charge in [0.15, 0.2) is 0 Å². The number of hydrogen-bond donors (Lipinski definition) is 1. The third-order valence-electron chi connectivity index (χ3n) is 4.12. The fourth-order valence-corrected chi connectivity index (χ4v) is 3.00. The molecule has 5 heteroatoms. The number of esters is 1. The first-order valence-corrected chi connectivity index (χ1v) is 7.69. The Bertz CT molecular complexity index is 768. The van der Waals surface area contributed by atoms with Crippen molar-refractivity contribution < 1.29 is 14.3 Å². The number of anilines is 1. The average Bonchev–Trinajstić information content (AvgIpc) is 3.36. The lowest BCUT2D eigenvalue weighted by Crippen LogP contribution is -2.28. The zero-order valence-corrected chi connectivity index (χ0v) is 13.4. The van der Waals surface area contributed by atoms with E-state index in [9.17, 15) is 9.59 Å². The van der Waals surface area contributed by atoms with Gasteiger partial charge >= 0.3 is 5.97 Å². The molecule has 0 heterocycles. The van der Waals surface area contributed by atoms with Crippen LogP contribution in [0.2, 0.25) is 5.02 Å². The topological polar surface area (TPSA) is 55.4 Å². The Hall–Kier alpha value is -2.33. The predicted molar refractivity (Wildman–Crippen MR) is 88.8 cm³/mol. The molecular weight excluding hydrogens is 314 g/mol. The standard InChI is InChI=1S/C18H16ClNO3/c1-23-16(21)12-5-4-6-13(11-12)20-17(22)18(9-10-18)14-7-2-3-8-15(14)19/h2-8,11H,9-10H2,1H3,(H,20,22). The minimum absolute atomic E-state index is 0.104. The van der Waals surface area contributed by atoms with Gasteiger partial charge in [0, 0.05) is 10.7 Å². The average molecular weight is 330 g/mol. The first-order chi connectivity index (χ1) is 11.1. The molecule has 1 aliphatic carbocycles. The van der Waals surface area contributed by atoms with Gasteiger partial charge in [0.2, 0.25) is 5.91 Å². The largest absolute Gasteiger partial charge is 0.465 e. The number of methoxy groups -OCH3 is 1. The number of benzene rings is 2. The normalized spacial score (nSPS) is 14.9. The summed E-state index contributed by atoms with van der Waals surface area (Å²) >= 11 is 6.24. The highest BCUT2D eigenvalue weighted by Crippen LogP contribution is 2.51. The Morgan fingerprint density at radius 1 is 1.13 bits per heavy atom. The Kier molecular flexibility index (Phi) is 4.09. The fraction of sp³-hybridized carbons (Fsp3) is 0.222. The smallest absolute Gasteiger partial charge is 0.337 e. The van der Waals surface area contributed by atoms with E-state index in [1.165, 1.54) is 7.11 Å². The van der Waals surface area contributed by atoms with Gasteiger partial charge in [-0.2, -0.15) is 0 Å². The Morgan fingerprint density at radius 3 is 2.52 bits per heavy atom. The molecule has 0 saturated heterocycles. The molecule has 23 heavy (non-hydrogen) atoms. The number of nitrogens with one attached hydrogen (secondary N) is 1. The van der Waals surface area contributed by atoms with Crippen molar-refractivity contribution in [1.82, 2.24) is 0 Å². The lowest BCUT2D eigenvalue weighted by Gasteiger charge is -2.17. The van der Waals surface area contributed by atoms with Crippen LogP contribution in [0, 0.1) is 0 Å². The monoisotopic (exact) mass is 329 g/mol. The minimum atomic E-state index is -0.570. The summed E-state index contributed by atoms with van der Waals surface area (Å²) in [6, 6.07) is 14.1. The van der Waals surface area contributed by atoms with Gasteiger partial charge in [-0.15, -0.1) is 0 Å². The number of ether oxygens (including phenoxy) is 1. The van der Waals surface area contributed by atoms with Gasteiger partial charge in [0.1, 0.15) is 0 Å². The molecule has 4 nitrogen and oxygen atoms in total. The first-order valence-electron chi connectivity index (χ1n) is 7.32. The van der Waals surface area contributed by atoms with Gasteiger partial charge in [-0.3, -0.25) is 4.79 Å². The zero-order chi connectivity index (χ0) is 16.4. The van der Waals surface area contributed by atoms with Crippen LogP contribution < -0.4 is 5.32 Å². The van der Waals surface area contributed by atoms with E-state index in [1.807, 2.05) is 18.2 Å². The SMILES string of the molecule is COC(=O)c1cccc(NC(=O)C2(c3ccccc3Cl)CC2)c1. The third-order valence-corrected chi connectivity index (χ3v) is 4.45. The second-order valence-corrected chi connectivity index (χ2v) is 6.00. The van der Waals surface area contributed by atoms with Gasteiger partial charge in [0.05, 0.1) is 18.1 Å². The van der Waals surface area contributed by atoms with Crippen molar-refractivity contribution in [2.45, 2.75) is 18.3 Å². The van der Waals surface area contributed by atoms with E-state index in [1.54, 1.807) is 30.3 Å². The van der Waals surface area contributed by atoms with Crippen LogP contribution in [-0.4, -0.2) is 19.0 Å². The number of carbonyl (C=O) groups is 2. The Labute approximate surface area is 139 Å². The number of carbonyl (C=O) groups excluding carboxylic acids is 2. The van der Waals surface area contributed by atoms with Crippen LogP contribution in [0.15, 0.2) is 48.5 Å². The molecule has 2 aromatic rings. The van der Waals surface area contributed by atoms with Crippen molar-refractivity contribution in [1.29, 1.82) is 0 Å². The van der Waals surface area contributed by atoms with Crippen LogP contribution in [-0.2, 0) is 14.9 Å². The fourth-order valence-electron chi connectivity index (χ4n) is 2.69. The van der Waals surface area contributed by atoms with Crippen LogP contribution in [0.1, 0.15) is 28.8 Å². The minimum Gasteiger partial charge on any atom is -0.465 e. The van der Waals surface area contributed by atoms with E-state index >= 15 is 0 Å². The van der Waals surface area contributed by atoms with Gasteiger partial charge < -0.3 is 10.1 Å². The van der Waals surface area contributed by atoms with E-state index in [-0.39, 0.29) is 5.91 Å². The van der Waals surface area contributed by atoms with Crippen LogP contribution in [0.3, 0.4) is 0 Å². The van der Waals surface area contributed by atoms with E-state index < -0.39 is 11.4 Å². The maximum absolute atomic E-state index is 12.7. The summed E-state index contributed by atoms with van der Waals surface area (Å²) in [6.45, 7) is 0. The molecule has 2 aromatic carbocycles. The van der Waals surface area contributed by atoms with Crippen molar-refractivity contribution in [3.8, 4) is 0 Å². The summed E-state index contributed by atoms with van der Waals surface area (Å²) in [5, 5.41) is 3.48. The lowest BCUT2D eigenvalue weighted by atomic mass is 9.94. The van der Waals surface area contributed by atoms with E-state index in [0.29, 0.717) is 16.3 Å². The van der Waals surface area contributed by atoms with Crippen molar-refractivity contribution in [3.63, 3.8) is 0 Å². The van der Waals surface area contributed by atoms with Crippen molar-refractivity contribution in [3.05, 3.63) is 64.7 Å². The molecule has 0 aromatic heterocycles. The first kappa shape index (κ1) is 15.6. The second-order valence-electron chi connectivity index (χ2n) is 5.59. The molecule has 0 bridgehead atoms. The summed E-state index contributed by atoms with van der Waals surface area (Å²) in [7, 11) is 1.32. The number of amides is 1. The van der Waals surface area contributed by atoms with Crippen LogP contribution in [0.25, 0.3) is 0 Å². The molecule has 0 radical (unpaired) electrons. The number of rotatable bonds is 4. The lowest BCUT2D eigenvalue weighted by molar-refractivity contribution is -0.118. The van der Waals surface area contributed by atoms with Crippen molar-refractivity contribution >= 4 is 29.2 Å². The van der Waals surface area contributed by atoms with Crippen LogP contribution in [0.4, 0.5) is 5.69 Å². The van der Waals surface area contributed by atoms with E-state index in [2.05, 4.69) is 5.32 Å². The Morgan fingerprint density at radius 2 is 1.87 bits per heavy atom. The highest BCUT2D eigenvalue weighted by atomic mass is 35.5. The summed E-state index contributed by atoms with van der Waals surface area (Å²) < 4.78 is 4.69. The number of halogens is 1. The summed E-state index contributed by atoms with van der Waals surface area (Å²) in [5.74, 6) is -0.541. The zero-order valence-electron chi connectivity index (χ0n) is 12.6. The highest BCUT2D eigenvalue weighted by Gasteiger charge is 2.52. The molecule has 1 N–H and O–H groups in total. The third kappa shape index (κ3) is 2.94. The molecule has 0 aliphatic heterocycles. The molecule has 118 valence electrons. The maximum Gasteiger partial charge on any atom is 0.337 e. The highest BCUT2D eigenvalue weighted by molar-refractivity contribution is 6.32. The van der Waals surface area contributed by atoms with Crippen LogP contribution >= 0.6 is 11.6 Å². The summed E-state index contributed by atoms with van der Waals surface area (Å²) in [6.07, 6.45) is 1.53. The predicted octanol–water partition coefficient (Wildman–Crippen LogP) is 3.80. The summed E-state index contributed by atoms with van der Waals surface area (Å²) in [4.78, 5) is 24.3. The molecule has 1 aliphatic rings. The Balaban J connectivity index is 1.83. The molecule has 0 atom stereocenters. The summed E-state index contributed by atoms with van der Waals surface area (Å²) in [5.41, 5.74) is 1.24. The second kappa shape index (κ2) is 6.05. The molecule has 1 fully saturated rings. The maximum atomic E-state index is 12.7. The molecular formula is C18H16ClNO3. The molecule has 0 unspecified atom stereocenters. The van der Waals surface area contributed by atoms with Crippen LogP contribution in [0.5, 0.6) is 0 Å². The van der Waals surface area contributed by atoms with Gasteiger partial charge in [-0.05, 0) is 42.7 Å². The quantitative estimate of drug-likeness (QED) is 0.868. The van der Waals surface area contributed by atoms with Gasteiger partial charge in [-0.1, -0.05) is 35.9 Å². The van der Waals surface area contributed by atoms with E-state index in [0.717, 1.165) is 18.4 Å². The van der Waals surface area contributed by atoms with Gasteiger partial charge in [-0.25, -0.2) is 4.79 Å². The van der Waals surface area contributed by atoms with E-state index in [4.69, 9.17) is 16.3 Å². The van der Waals surface area contributed by atoms with Gasteiger partial charge in [0.25, 0.3) is 0 Å². The van der Waals surface area contributed by atoms with Crippen molar-refractivity contribution in [2.75, 3.05) is 12.4 Å². The molecule has 3 rings (SSSR count). The number of hydrogen-bond acceptors (Lipinski definition) is 3. The molecule has 1 amide bonds.